The molecular weight excluding hydrogens is 320 g/mol. The predicted octanol–water partition coefficient (Wildman–Crippen LogP) is 1.55. The average Bonchev–Trinajstić information content (AvgIpc) is 3.10. The third-order valence-electron chi connectivity index (χ3n) is 4.10. The maximum Gasteiger partial charge on any atom is 0.272 e. The number of aromatic amines is 1. The number of hydrogen-bond donors (Lipinski definition) is 1. The van der Waals surface area contributed by atoms with Crippen molar-refractivity contribution in [3.8, 4) is 6.07 Å². The van der Waals surface area contributed by atoms with E-state index >= 15 is 0 Å². The molecule has 1 fully saturated rings. The van der Waals surface area contributed by atoms with Crippen molar-refractivity contribution in [3.05, 3.63) is 40.7 Å². The van der Waals surface area contributed by atoms with Crippen LogP contribution in [0, 0.1) is 18.3 Å². The summed E-state index contributed by atoms with van der Waals surface area (Å²) >= 11 is 0. The summed E-state index contributed by atoms with van der Waals surface area (Å²) in [5, 5.41) is 16.1. The average molecular weight is 340 g/mol. The highest BCUT2D eigenvalue weighted by Crippen LogP contribution is 2.21. The van der Waals surface area contributed by atoms with E-state index in [1.54, 1.807) is 24.0 Å². The highest BCUT2D eigenvalue weighted by molar-refractivity contribution is 5.92. The number of nitrogens with one attached hydrogen (secondary N) is 1. The van der Waals surface area contributed by atoms with Crippen LogP contribution in [-0.4, -0.2) is 50.7 Å². The van der Waals surface area contributed by atoms with Gasteiger partial charge >= 0.3 is 0 Å². The molecule has 0 bridgehead atoms. The van der Waals surface area contributed by atoms with Crippen LogP contribution in [0.15, 0.2) is 12.1 Å². The molecule has 0 saturated carbocycles. The van der Waals surface area contributed by atoms with Crippen molar-refractivity contribution in [2.24, 2.45) is 0 Å². The summed E-state index contributed by atoms with van der Waals surface area (Å²) in [6.07, 6.45) is 1.46. The van der Waals surface area contributed by atoms with Crippen molar-refractivity contribution >= 4 is 5.91 Å². The number of hydrogen-bond acceptors (Lipinski definition) is 6. The molecule has 0 aromatic carbocycles. The lowest BCUT2D eigenvalue weighted by Crippen LogP contribution is -2.42. The molecular formula is C17H20N6O2. The number of carbonyl (C=O) groups is 1. The van der Waals surface area contributed by atoms with E-state index in [-0.39, 0.29) is 12.0 Å². The molecule has 1 amide bonds. The number of morpholine rings is 1. The summed E-state index contributed by atoms with van der Waals surface area (Å²) in [4.78, 5) is 23.1. The van der Waals surface area contributed by atoms with Gasteiger partial charge in [-0.1, -0.05) is 6.92 Å². The molecule has 3 heterocycles. The monoisotopic (exact) mass is 340 g/mol. The normalized spacial score (nSPS) is 17.3. The number of ether oxygens (including phenoxy) is 1. The smallest absolute Gasteiger partial charge is 0.272 e. The van der Waals surface area contributed by atoms with Gasteiger partial charge < -0.3 is 9.64 Å². The fourth-order valence-electron chi connectivity index (χ4n) is 2.75. The molecule has 1 atom stereocenters. The first-order valence-electron chi connectivity index (χ1n) is 8.32. The zero-order valence-corrected chi connectivity index (χ0v) is 14.3. The van der Waals surface area contributed by atoms with Gasteiger partial charge in [-0.3, -0.25) is 9.89 Å². The molecule has 0 radical (unpaired) electrons. The van der Waals surface area contributed by atoms with Gasteiger partial charge in [0.05, 0.1) is 24.4 Å². The number of nitriles is 1. The van der Waals surface area contributed by atoms with Gasteiger partial charge in [-0.2, -0.15) is 10.4 Å². The maximum atomic E-state index is 12.7. The van der Waals surface area contributed by atoms with Crippen molar-refractivity contribution in [2.45, 2.75) is 32.8 Å². The van der Waals surface area contributed by atoms with Crippen molar-refractivity contribution in [1.82, 2.24) is 25.1 Å². The molecule has 0 spiro atoms. The lowest BCUT2D eigenvalue weighted by Gasteiger charge is -2.31. The number of H-pyrrole nitrogens is 1. The second-order valence-electron chi connectivity index (χ2n) is 5.94. The summed E-state index contributed by atoms with van der Waals surface area (Å²) in [5.74, 6) is 1.23. The van der Waals surface area contributed by atoms with Crippen LogP contribution in [0.3, 0.4) is 0 Å². The number of aromatic nitrogens is 4. The largest absolute Gasteiger partial charge is 0.366 e. The van der Waals surface area contributed by atoms with Crippen LogP contribution in [0.2, 0.25) is 0 Å². The van der Waals surface area contributed by atoms with Gasteiger partial charge in [0.25, 0.3) is 5.91 Å². The van der Waals surface area contributed by atoms with Crippen LogP contribution in [-0.2, 0) is 11.2 Å². The van der Waals surface area contributed by atoms with Gasteiger partial charge in [-0.15, -0.1) is 0 Å². The van der Waals surface area contributed by atoms with Gasteiger partial charge in [0, 0.05) is 13.0 Å². The van der Waals surface area contributed by atoms with Gasteiger partial charge in [0.2, 0.25) is 0 Å². The van der Waals surface area contributed by atoms with E-state index in [4.69, 9.17) is 10.00 Å². The highest BCUT2D eigenvalue weighted by Gasteiger charge is 2.29. The lowest BCUT2D eigenvalue weighted by molar-refractivity contribution is -0.0268. The Labute approximate surface area is 145 Å². The molecule has 1 aliphatic rings. The number of amides is 1. The fourth-order valence-corrected chi connectivity index (χ4v) is 2.75. The van der Waals surface area contributed by atoms with Crippen molar-refractivity contribution in [1.29, 1.82) is 5.26 Å². The van der Waals surface area contributed by atoms with Crippen molar-refractivity contribution < 1.29 is 9.53 Å². The molecule has 130 valence electrons. The molecule has 2 aromatic heterocycles. The number of rotatable bonds is 4. The number of carbonyl (C=O) groups excluding carboxylic acids is 1. The predicted molar refractivity (Wildman–Crippen MR) is 88.7 cm³/mol. The molecule has 2 aromatic rings. The fraction of sp³-hybridized carbons (Fsp3) is 0.471. The summed E-state index contributed by atoms with van der Waals surface area (Å²) < 4.78 is 5.73. The molecule has 1 saturated heterocycles. The van der Waals surface area contributed by atoms with E-state index in [1.807, 2.05) is 0 Å². The Morgan fingerprint density at radius 3 is 3.04 bits per heavy atom. The van der Waals surface area contributed by atoms with Gasteiger partial charge in [-0.05, 0) is 25.5 Å². The van der Waals surface area contributed by atoms with Gasteiger partial charge in [0.15, 0.2) is 5.82 Å². The first kappa shape index (κ1) is 17.0. The van der Waals surface area contributed by atoms with Crippen LogP contribution < -0.4 is 0 Å². The van der Waals surface area contributed by atoms with Crippen molar-refractivity contribution in [3.63, 3.8) is 0 Å². The van der Waals surface area contributed by atoms with Crippen LogP contribution >= 0.6 is 0 Å². The minimum Gasteiger partial charge on any atom is -0.366 e. The molecule has 8 heteroatoms. The Bertz CT molecular complexity index is 810. The Kier molecular flexibility index (Phi) is 5.05. The third-order valence-corrected chi connectivity index (χ3v) is 4.10. The second kappa shape index (κ2) is 7.40. The summed E-state index contributed by atoms with van der Waals surface area (Å²) in [5.41, 5.74) is 1.36. The second-order valence-corrected chi connectivity index (χ2v) is 5.94. The zero-order chi connectivity index (χ0) is 17.8. The topological polar surface area (TPSA) is 108 Å². The lowest BCUT2D eigenvalue weighted by atomic mass is 10.2. The van der Waals surface area contributed by atoms with E-state index in [2.05, 4.69) is 33.2 Å². The van der Waals surface area contributed by atoms with E-state index in [1.165, 1.54) is 0 Å². The number of aryl methyl sites for hydroxylation is 2. The SMILES string of the molecule is CCCc1nc([C@H]2CN(C(=O)c3ccc(C#N)c(C)n3)CCO2)n[nH]1. The van der Waals surface area contributed by atoms with Crippen LogP contribution in [0.25, 0.3) is 0 Å². The summed E-state index contributed by atoms with van der Waals surface area (Å²) in [6, 6.07) is 5.27. The zero-order valence-electron chi connectivity index (χ0n) is 14.3. The van der Waals surface area contributed by atoms with E-state index < -0.39 is 0 Å². The third kappa shape index (κ3) is 3.67. The van der Waals surface area contributed by atoms with E-state index in [0.717, 1.165) is 18.7 Å². The maximum absolute atomic E-state index is 12.7. The molecule has 8 nitrogen and oxygen atoms in total. The molecule has 25 heavy (non-hydrogen) atoms. The molecule has 1 aliphatic heterocycles. The van der Waals surface area contributed by atoms with Crippen LogP contribution in [0.1, 0.15) is 52.8 Å². The molecule has 0 unspecified atom stereocenters. The summed E-state index contributed by atoms with van der Waals surface area (Å²) in [6.45, 7) is 5.08. The summed E-state index contributed by atoms with van der Waals surface area (Å²) in [7, 11) is 0. The van der Waals surface area contributed by atoms with Gasteiger partial charge in [0.1, 0.15) is 23.7 Å². The van der Waals surface area contributed by atoms with Crippen LogP contribution in [0.5, 0.6) is 0 Å². The first-order valence-corrected chi connectivity index (χ1v) is 8.32. The molecule has 3 rings (SSSR count). The van der Waals surface area contributed by atoms with Crippen LogP contribution in [0.4, 0.5) is 0 Å². The van der Waals surface area contributed by atoms with E-state index in [9.17, 15) is 4.79 Å². The molecule has 0 aliphatic carbocycles. The Hall–Kier alpha value is -2.79. The Morgan fingerprint density at radius 1 is 1.48 bits per heavy atom. The standard InChI is InChI=1S/C17H20N6O2/c1-3-4-15-20-16(22-21-15)14-10-23(7-8-25-14)17(24)13-6-5-12(9-18)11(2)19-13/h5-6,14H,3-4,7-8,10H2,1-2H3,(H,20,21,22)/t14-/m1/s1. The Morgan fingerprint density at radius 2 is 2.32 bits per heavy atom. The number of nitrogens with zero attached hydrogens (tertiary/aromatic N) is 5. The van der Waals surface area contributed by atoms with Gasteiger partial charge in [-0.25, -0.2) is 9.97 Å². The molecule has 1 N–H and O–H groups in total. The van der Waals surface area contributed by atoms with E-state index in [0.29, 0.717) is 42.5 Å². The quantitative estimate of drug-likeness (QED) is 0.904. The minimum absolute atomic E-state index is 0.176. The first-order chi connectivity index (χ1) is 12.1. The Balaban J connectivity index is 1.73. The highest BCUT2D eigenvalue weighted by atomic mass is 16.5. The number of pyridine rings is 1. The minimum atomic E-state index is -0.348. The van der Waals surface area contributed by atoms with Crippen molar-refractivity contribution in [2.75, 3.05) is 19.7 Å².